The molecule has 0 aromatic carbocycles. The molecule has 1 heterocycles. The maximum atomic E-state index is 5.85. The highest BCUT2D eigenvalue weighted by atomic mass is 15.2. The summed E-state index contributed by atoms with van der Waals surface area (Å²) in [6.07, 6.45) is 2.69. The van der Waals surface area contributed by atoms with Crippen LogP contribution in [0.15, 0.2) is 4.99 Å². The van der Waals surface area contributed by atoms with Gasteiger partial charge in [-0.3, -0.25) is 9.89 Å². The Morgan fingerprint density at radius 1 is 1.44 bits per heavy atom. The van der Waals surface area contributed by atoms with E-state index in [1.54, 1.807) is 0 Å². The third kappa shape index (κ3) is 5.71. The van der Waals surface area contributed by atoms with E-state index in [4.69, 9.17) is 5.73 Å². The second-order valence-electron chi connectivity index (χ2n) is 6.09. The minimum absolute atomic E-state index is 0.528. The summed E-state index contributed by atoms with van der Waals surface area (Å²) in [4.78, 5) is 6.87. The van der Waals surface area contributed by atoms with Crippen LogP contribution < -0.4 is 11.1 Å². The summed E-state index contributed by atoms with van der Waals surface area (Å²) in [6, 6.07) is 0.528. The van der Waals surface area contributed by atoms with Gasteiger partial charge in [-0.25, -0.2) is 0 Å². The topological polar surface area (TPSA) is 53.6 Å². The van der Waals surface area contributed by atoms with Crippen molar-refractivity contribution in [2.45, 2.75) is 46.6 Å². The van der Waals surface area contributed by atoms with E-state index in [-0.39, 0.29) is 0 Å². The third-order valence-corrected chi connectivity index (χ3v) is 3.52. The SMILES string of the molecule is CC(C)CN=C(N)NCC(C)N1CCCC(C)C1. The fourth-order valence-electron chi connectivity index (χ4n) is 2.34. The second-order valence-corrected chi connectivity index (χ2v) is 6.09. The van der Waals surface area contributed by atoms with Crippen molar-refractivity contribution in [1.82, 2.24) is 10.2 Å². The molecule has 1 aliphatic heterocycles. The Kier molecular flexibility index (Phi) is 6.47. The van der Waals surface area contributed by atoms with Crippen molar-refractivity contribution >= 4 is 5.96 Å². The predicted molar refractivity (Wildman–Crippen MR) is 78.8 cm³/mol. The van der Waals surface area contributed by atoms with E-state index in [1.807, 2.05) is 0 Å². The van der Waals surface area contributed by atoms with E-state index in [2.05, 4.69) is 42.9 Å². The average Bonchev–Trinajstić information content (AvgIpc) is 2.33. The second kappa shape index (κ2) is 7.62. The van der Waals surface area contributed by atoms with Crippen molar-refractivity contribution < 1.29 is 0 Å². The van der Waals surface area contributed by atoms with Crippen LogP contribution in [-0.4, -0.2) is 43.1 Å². The van der Waals surface area contributed by atoms with Gasteiger partial charge in [-0.2, -0.15) is 0 Å². The largest absolute Gasteiger partial charge is 0.370 e. The van der Waals surface area contributed by atoms with Crippen LogP contribution in [0.5, 0.6) is 0 Å². The van der Waals surface area contributed by atoms with Gasteiger partial charge in [0.2, 0.25) is 0 Å². The zero-order valence-corrected chi connectivity index (χ0v) is 12.4. The molecule has 106 valence electrons. The monoisotopic (exact) mass is 254 g/mol. The number of nitrogens with zero attached hydrogens (tertiary/aromatic N) is 2. The third-order valence-electron chi connectivity index (χ3n) is 3.52. The van der Waals surface area contributed by atoms with Crippen LogP contribution in [0.4, 0.5) is 0 Å². The summed E-state index contributed by atoms with van der Waals surface area (Å²) in [7, 11) is 0. The lowest BCUT2D eigenvalue weighted by atomic mass is 9.99. The molecule has 0 aromatic heterocycles. The van der Waals surface area contributed by atoms with Gasteiger partial charge in [0.05, 0.1) is 0 Å². The number of rotatable bonds is 5. The lowest BCUT2D eigenvalue weighted by molar-refractivity contribution is 0.139. The molecule has 0 radical (unpaired) electrons. The van der Waals surface area contributed by atoms with Gasteiger partial charge in [0.25, 0.3) is 0 Å². The molecule has 18 heavy (non-hydrogen) atoms. The zero-order chi connectivity index (χ0) is 13.5. The number of nitrogens with two attached hydrogens (primary N) is 1. The van der Waals surface area contributed by atoms with Crippen LogP contribution in [-0.2, 0) is 0 Å². The Hall–Kier alpha value is -0.770. The van der Waals surface area contributed by atoms with Gasteiger partial charge in [-0.05, 0) is 38.1 Å². The fourth-order valence-corrected chi connectivity index (χ4v) is 2.34. The van der Waals surface area contributed by atoms with Gasteiger partial charge >= 0.3 is 0 Å². The molecule has 0 aromatic rings. The minimum atomic E-state index is 0.528. The molecule has 0 saturated carbocycles. The first-order valence-electron chi connectivity index (χ1n) is 7.27. The Bertz CT molecular complexity index is 263. The van der Waals surface area contributed by atoms with E-state index < -0.39 is 0 Å². The van der Waals surface area contributed by atoms with Gasteiger partial charge in [-0.1, -0.05) is 20.8 Å². The summed E-state index contributed by atoms with van der Waals surface area (Å²) < 4.78 is 0. The van der Waals surface area contributed by atoms with Crippen molar-refractivity contribution in [3.8, 4) is 0 Å². The number of aliphatic imine (C=N–C) groups is 1. The van der Waals surface area contributed by atoms with Gasteiger partial charge in [-0.15, -0.1) is 0 Å². The van der Waals surface area contributed by atoms with Gasteiger partial charge in [0, 0.05) is 25.7 Å². The summed E-state index contributed by atoms with van der Waals surface area (Å²) >= 11 is 0. The van der Waals surface area contributed by atoms with Gasteiger partial charge < -0.3 is 11.1 Å². The first-order chi connectivity index (χ1) is 8.49. The molecule has 0 spiro atoms. The van der Waals surface area contributed by atoms with Crippen molar-refractivity contribution in [2.24, 2.45) is 22.6 Å². The smallest absolute Gasteiger partial charge is 0.188 e. The Morgan fingerprint density at radius 3 is 2.78 bits per heavy atom. The molecule has 0 bridgehead atoms. The first kappa shape index (κ1) is 15.3. The summed E-state index contributed by atoms with van der Waals surface area (Å²) in [5.74, 6) is 1.97. The van der Waals surface area contributed by atoms with Gasteiger partial charge in [0.15, 0.2) is 5.96 Å². The highest BCUT2D eigenvalue weighted by Gasteiger charge is 2.20. The number of hydrogen-bond acceptors (Lipinski definition) is 2. The number of guanidine groups is 1. The predicted octanol–water partition coefficient (Wildman–Crippen LogP) is 1.67. The van der Waals surface area contributed by atoms with Crippen molar-refractivity contribution in [1.29, 1.82) is 0 Å². The molecule has 1 aliphatic rings. The van der Waals surface area contributed by atoms with Crippen LogP contribution in [0.2, 0.25) is 0 Å². The highest BCUT2D eigenvalue weighted by Crippen LogP contribution is 2.17. The lowest BCUT2D eigenvalue weighted by Crippen LogP contribution is -2.47. The van der Waals surface area contributed by atoms with Crippen LogP contribution in [0.25, 0.3) is 0 Å². The molecule has 1 rings (SSSR count). The zero-order valence-electron chi connectivity index (χ0n) is 12.4. The molecule has 2 atom stereocenters. The van der Waals surface area contributed by atoms with E-state index in [0.717, 1.165) is 19.0 Å². The molecule has 0 aliphatic carbocycles. The number of likely N-dealkylation sites (tertiary alicyclic amines) is 1. The van der Waals surface area contributed by atoms with Gasteiger partial charge in [0.1, 0.15) is 0 Å². The van der Waals surface area contributed by atoms with Crippen LogP contribution >= 0.6 is 0 Å². The van der Waals surface area contributed by atoms with Crippen LogP contribution in [0.3, 0.4) is 0 Å². The molecule has 3 N–H and O–H groups in total. The molecule has 1 saturated heterocycles. The maximum Gasteiger partial charge on any atom is 0.188 e. The van der Waals surface area contributed by atoms with Crippen LogP contribution in [0.1, 0.15) is 40.5 Å². The molecule has 2 unspecified atom stereocenters. The highest BCUT2D eigenvalue weighted by molar-refractivity contribution is 5.77. The molecular weight excluding hydrogens is 224 g/mol. The molecular formula is C14H30N4. The number of nitrogens with one attached hydrogen (secondary N) is 1. The number of hydrogen-bond donors (Lipinski definition) is 2. The summed E-state index contributed by atoms with van der Waals surface area (Å²) in [5, 5.41) is 3.24. The van der Waals surface area contributed by atoms with E-state index >= 15 is 0 Å². The normalized spacial score (nSPS) is 24.3. The quantitative estimate of drug-likeness (QED) is 0.579. The van der Waals surface area contributed by atoms with Crippen molar-refractivity contribution in [2.75, 3.05) is 26.2 Å². The number of piperidine rings is 1. The van der Waals surface area contributed by atoms with Crippen molar-refractivity contribution in [3.05, 3.63) is 0 Å². The Balaban J connectivity index is 2.27. The molecule has 4 nitrogen and oxygen atoms in total. The molecule has 4 heteroatoms. The first-order valence-corrected chi connectivity index (χ1v) is 7.27. The Labute approximate surface area is 112 Å². The standard InChI is InChI=1S/C14H30N4/c1-11(2)8-16-14(15)17-9-13(4)18-7-5-6-12(3)10-18/h11-13H,5-10H2,1-4H3,(H3,15,16,17). The van der Waals surface area contributed by atoms with E-state index in [1.165, 1.54) is 25.9 Å². The summed E-state index contributed by atoms with van der Waals surface area (Å²) in [6.45, 7) is 13.0. The van der Waals surface area contributed by atoms with E-state index in [9.17, 15) is 0 Å². The maximum absolute atomic E-state index is 5.85. The van der Waals surface area contributed by atoms with Crippen LogP contribution in [0, 0.1) is 11.8 Å². The molecule has 0 amide bonds. The van der Waals surface area contributed by atoms with Crippen molar-refractivity contribution in [3.63, 3.8) is 0 Å². The fraction of sp³-hybridized carbons (Fsp3) is 0.929. The summed E-state index contributed by atoms with van der Waals surface area (Å²) in [5.41, 5.74) is 5.85. The average molecular weight is 254 g/mol. The van der Waals surface area contributed by atoms with E-state index in [0.29, 0.717) is 17.9 Å². The molecule has 1 fully saturated rings. The minimum Gasteiger partial charge on any atom is -0.370 e. The Morgan fingerprint density at radius 2 is 2.17 bits per heavy atom. The lowest BCUT2D eigenvalue weighted by Gasteiger charge is -2.35.